The van der Waals surface area contributed by atoms with Gasteiger partial charge in [0.2, 0.25) is 5.91 Å². The van der Waals surface area contributed by atoms with Crippen molar-refractivity contribution in [2.45, 2.75) is 98.3 Å². The van der Waals surface area contributed by atoms with Crippen LogP contribution in [0.4, 0.5) is 10.5 Å². The number of hydrogen-bond donors (Lipinski definition) is 2. The maximum Gasteiger partial charge on any atom is 0.408 e. The second-order valence-corrected chi connectivity index (χ2v) is 11.7. The summed E-state index contributed by atoms with van der Waals surface area (Å²) in [6.45, 7) is 17.6. The zero-order valence-corrected chi connectivity index (χ0v) is 26.0. The predicted molar refractivity (Wildman–Crippen MR) is 168 cm³/mol. The first-order chi connectivity index (χ1) is 19.4. The number of alkyl carbamates (subject to hydrolysis) is 1. The van der Waals surface area contributed by atoms with Gasteiger partial charge in [0.25, 0.3) is 5.91 Å². The Morgan fingerprint density at radius 3 is 2.34 bits per heavy atom. The molecule has 0 aliphatic heterocycles. The highest BCUT2D eigenvalue weighted by molar-refractivity contribution is 5.99. The van der Waals surface area contributed by atoms with Gasteiger partial charge in [-0.15, -0.1) is 0 Å². The van der Waals surface area contributed by atoms with Crippen LogP contribution in [0.3, 0.4) is 0 Å². The summed E-state index contributed by atoms with van der Waals surface area (Å²) >= 11 is 0. The molecule has 41 heavy (non-hydrogen) atoms. The van der Waals surface area contributed by atoms with Gasteiger partial charge in [-0.2, -0.15) is 0 Å². The van der Waals surface area contributed by atoms with Gasteiger partial charge in [-0.25, -0.2) is 4.79 Å². The number of nitrogens with zero attached hydrogens (tertiary/aromatic N) is 1. The summed E-state index contributed by atoms with van der Waals surface area (Å²) in [4.78, 5) is 43.1. The average molecular weight is 564 g/mol. The molecule has 2 N–H and O–H groups in total. The van der Waals surface area contributed by atoms with E-state index in [1.54, 1.807) is 31.7 Å². The van der Waals surface area contributed by atoms with Crippen LogP contribution in [0.25, 0.3) is 6.08 Å². The number of anilines is 1. The van der Waals surface area contributed by atoms with E-state index >= 15 is 0 Å². The van der Waals surface area contributed by atoms with Crippen molar-refractivity contribution in [1.29, 1.82) is 0 Å². The molecule has 7 nitrogen and oxygen atoms in total. The van der Waals surface area contributed by atoms with Crippen LogP contribution in [0, 0.1) is 12.8 Å². The summed E-state index contributed by atoms with van der Waals surface area (Å²) in [5.74, 6) is -0.812. The first kappa shape index (κ1) is 33.6. The summed E-state index contributed by atoms with van der Waals surface area (Å²) in [6, 6.07) is 13.3. The Kier molecular flexibility index (Phi) is 13.1. The van der Waals surface area contributed by atoms with Gasteiger partial charge in [0.1, 0.15) is 17.7 Å². The van der Waals surface area contributed by atoms with Crippen molar-refractivity contribution in [2.75, 3.05) is 11.9 Å². The molecule has 0 aliphatic carbocycles. The molecule has 3 unspecified atom stereocenters. The minimum absolute atomic E-state index is 0.187. The van der Waals surface area contributed by atoms with Crippen molar-refractivity contribution in [2.24, 2.45) is 5.92 Å². The molecule has 3 atom stereocenters. The van der Waals surface area contributed by atoms with Gasteiger partial charge in [-0.3, -0.25) is 9.59 Å². The summed E-state index contributed by atoms with van der Waals surface area (Å²) < 4.78 is 5.51. The zero-order valence-electron chi connectivity index (χ0n) is 26.0. The minimum atomic E-state index is -0.921. The number of rotatable bonds is 14. The number of nitrogens with one attached hydrogen (secondary N) is 2. The number of benzene rings is 2. The fourth-order valence-corrected chi connectivity index (χ4v) is 4.61. The molecule has 0 saturated carbocycles. The minimum Gasteiger partial charge on any atom is -0.444 e. The summed E-state index contributed by atoms with van der Waals surface area (Å²) in [6.07, 6.45) is 5.44. The van der Waals surface area contributed by atoms with E-state index in [9.17, 15) is 14.4 Å². The lowest BCUT2D eigenvalue weighted by Gasteiger charge is -2.36. The topological polar surface area (TPSA) is 87.7 Å². The largest absolute Gasteiger partial charge is 0.444 e. The number of ether oxygens (including phenoxy) is 1. The Labute approximate surface area is 246 Å². The second kappa shape index (κ2) is 16.0. The molecule has 2 aromatic rings. The van der Waals surface area contributed by atoms with Crippen LogP contribution in [-0.2, 0) is 14.3 Å². The van der Waals surface area contributed by atoms with Crippen molar-refractivity contribution in [1.82, 2.24) is 10.2 Å². The highest BCUT2D eigenvalue weighted by Gasteiger charge is 2.38. The third-order valence-electron chi connectivity index (χ3n) is 7.11. The normalized spacial score (nSPS) is 13.4. The molecule has 2 aromatic carbocycles. The van der Waals surface area contributed by atoms with Crippen LogP contribution >= 0.6 is 0 Å². The van der Waals surface area contributed by atoms with Gasteiger partial charge in [0, 0.05) is 12.2 Å². The standard InChI is InChI=1S/C34H49N3O4/c1-9-12-13-16-22-37(32(39)29(24(4)10-2)36-33(40)41-34(6,7)8)30(27-20-17-19-26(11-3)23-27)31(38)35-28-21-15-14-18-25(28)5/h11,14-15,17-21,23-24,29-30H,3,9-10,12-13,16,22H2,1-2,4-8H3,(H,35,38)(H,36,40). The van der Waals surface area contributed by atoms with Crippen molar-refractivity contribution >= 4 is 29.7 Å². The van der Waals surface area contributed by atoms with Gasteiger partial charge < -0.3 is 20.3 Å². The smallest absolute Gasteiger partial charge is 0.408 e. The van der Waals surface area contributed by atoms with Gasteiger partial charge in [-0.1, -0.05) is 95.5 Å². The lowest BCUT2D eigenvalue weighted by molar-refractivity contribution is -0.142. The molecule has 0 saturated heterocycles. The first-order valence-electron chi connectivity index (χ1n) is 14.8. The maximum atomic E-state index is 14.5. The maximum absolute atomic E-state index is 14.5. The number of para-hydroxylation sites is 1. The van der Waals surface area contributed by atoms with Crippen LogP contribution in [0.15, 0.2) is 55.1 Å². The van der Waals surface area contributed by atoms with Crippen LogP contribution in [0.5, 0.6) is 0 Å². The first-order valence-corrected chi connectivity index (χ1v) is 14.8. The Hall–Kier alpha value is -3.61. The van der Waals surface area contributed by atoms with E-state index in [2.05, 4.69) is 24.1 Å². The molecule has 0 bridgehead atoms. The zero-order chi connectivity index (χ0) is 30.6. The summed E-state index contributed by atoms with van der Waals surface area (Å²) in [7, 11) is 0. The Bertz CT molecular complexity index is 1170. The van der Waals surface area contributed by atoms with Gasteiger partial charge >= 0.3 is 6.09 Å². The van der Waals surface area contributed by atoms with Crippen molar-refractivity contribution < 1.29 is 19.1 Å². The molecule has 224 valence electrons. The van der Waals surface area contributed by atoms with E-state index in [0.29, 0.717) is 24.2 Å². The Balaban J connectivity index is 2.60. The molecule has 7 heteroatoms. The molecule has 3 amide bonds. The van der Waals surface area contributed by atoms with Crippen LogP contribution in [0.2, 0.25) is 0 Å². The van der Waals surface area contributed by atoms with Crippen LogP contribution < -0.4 is 10.6 Å². The molecule has 0 fully saturated rings. The number of carbonyl (C=O) groups excluding carboxylic acids is 3. The van der Waals surface area contributed by atoms with E-state index in [-0.39, 0.29) is 17.7 Å². The third kappa shape index (κ3) is 10.4. The van der Waals surface area contributed by atoms with Gasteiger partial charge in [-0.05, 0) is 68.9 Å². The van der Waals surface area contributed by atoms with E-state index in [4.69, 9.17) is 4.74 Å². The number of aryl methyl sites for hydroxylation is 1. The molecule has 0 aromatic heterocycles. The lowest BCUT2D eigenvalue weighted by Crippen LogP contribution is -2.55. The van der Waals surface area contributed by atoms with Gasteiger partial charge in [0.15, 0.2) is 0 Å². The second-order valence-electron chi connectivity index (χ2n) is 11.7. The molecule has 0 heterocycles. The van der Waals surface area contributed by atoms with E-state index in [1.807, 2.05) is 69.3 Å². The predicted octanol–water partition coefficient (Wildman–Crippen LogP) is 7.67. The Morgan fingerprint density at radius 1 is 1.02 bits per heavy atom. The number of carbonyl (C=O) groups is 3. The highest BCUT2D eigenvalue weighted by Crippen LogP contribution is 2.28. The quantitative estimate of drug-likeness (QED) is 0.231. The molecule has 0 radical (unpaired) electrons. The molecule has 0 aliphatic rings. The molecule has 0 spiro atoms. The molecule has 2 rings (SSSR count). The molecular formula is C34H49N3O4. The van der Waals surface area contributed by atoms with Gasteiger partial charge in [0.05, 0.1) is 0 Å². The van der Waals surface area contributed by atoms with E-state index in [1.165, 1.54) is 0 Å². The number of hydrogen-bond acceptors (Lipinski definition) is 4. The van der Waals surface area contributed by atoms with Crippen LogP contribution in [0.1, 0.15) is 96.4 Å². The SMILES string of the molecule is C=Cc1cccc(C(C(=O)Nc2ccccc2C)N(CCCCCC)C(=O)C(NC(=O)OC(C)(C)C)C(C)CC)c1. The van der Waals surface area contributed by atoms with Crippen molar-refractivity contribution in [3.05, 3.63) is 71.8 Å². The monoisotopic (exact) mass is 563 g/mol. The average Bonchev–Trinajstić information content (AvgIpc) is 2.92. The highest BCUT2D eigenvalue weighted by atomic mass is 16.6. The van der Waals surface area contributed by atoms with Crippen molar-refractivity contribution in [3.63, 3.8) is 0 Å². The fraction of sp³-hybridized carbons (Fsp3) is 0.500. The van der Waals surface area contributed by atoms with E-state index in [0.717, 1.165) is 36.8 Å². The number of amides is 3. The molecular weight excluding hydrogens is 514 g/mol. The Morgan fingerprint density at radius 2 is 1.73 bits per heavy atom. The third-order valence-corrected chi connectivity index (χ3v) is 7.11. The summed E-state index contributed by atoms with van der Waals surface area (Å²) in [5, 5.41) is 5.90. The fourth-order valence-electron chi connectivity index (χ4n) is 4.61. The van der Waals surface area contributed by atoms with Crippen molar-refractivity contribution in [3.8, 4) is 0 Å². The van der Waals surface area contributed by atoms with E-state index < -0.39 is 23.8 Å². The summed E-state index contributed by atoms with van der Waals surface area (Å²) in [5.41, 5.74) is 2.42. The number of unbranched alkanes of at least 4 members (excludes halogenated alkanes) is 3. The lowest BCUT2D eigenvalue weighted by atomic mass is 9.95. The van der Waals surface area contributed by atoms with Crippen LogP contribution in [-0.4, -0.2) is 41.0 Å².